The van der Waals surface area contributed by atoms with Gasteiger partial charge in [-0.2, -0.15) is 4.98 Å². The minimum atomic E-state index is -0.462. The molecule has 0 unspecified atom stereocenters. The summed E-state index contributed by atoms with van der Waals surface area (Å²) in [6.07, 6.45) is 0. The van der Waals surface area contributed by atoms with Crippen molar-refractivity contribution in [3.05, 3.63) is 60.0 Å². The normalized spacial score (nSPS) is 11.0. The third-order valence-corrected chi connectivity index (χ3v) is 3.91. The monoisotopic (exact) mass is 349 g/mol. The van der Waals surface area contributed by atoms with E-state index in [4.69, 9.17) is 9.26 Å². The standard InChI is InChI=1S/C18H15N5O3/c1-12-6-2-3-7-13(12)18-19-16(26-21-18)11-25-17(24)10-23-15-9-5-4-8-14(15)20-22-23/h2-9H,10-11H2,1H3. The van der Waals surface area contributed by atoms with Crippen LogP contribution in [-0.2, 0) is 22.7 Å². The number of rotatable bonds is 5. The zero-order chi connectivity index (χ0) is 17.9. The summed E-state index contributed by atoms with van der Waals surface area (Å²) in [7, 11) is 0. The van der Waals surface area contributed by atoms with Gasteiger partial charge in [0.2, 0.25) is 5.82 Å². The Morgan fingerprint density at radius 2 is 1.96 bits per heavy atom. The second kappa shape index (κ2) is 6.75. The van der Waals surface area contributed by atoms with Gasteiger partial charge in [0.1, 0.15) is 12.1 Å². The number of aryl methyl sites for hydroxylation is 1. The topological polar surface area (TPSA) is 95.9 Å². The fourth-order valence-electron chi connectivity index (χ4n) is 2.59. The lowest BCUT2D eigenvalue weighted by atomic mass is 10.1. The number of aromatic nitrogens is 5. The molecule has 0 aliphatic carbocycles. The molecule has 2 aromatic carbocycles. The molecular formula is C18H15N5O3. The van der Waals surface area contributed by atoms with Crippen molar-refractivity contribution in [1.29, 1.82) is 0 Å². The third-order valence-electron chi connectivity index (χ3n) is 3.91. The molecule has 130 valence electrons. The summed E-state index contributed by atoms with van der Waals surface area (Å²) in [5, 5.41) is 11.9. The second-order valence-corrected chi connectivity index (χ2v) is 5.72. The number of fused-ring (bicyclic) bond motifs is 1. The smallest absolute Gasteiger partial charge is 0.328 e. The third kappa shape index (κ3) is 3.16. The largest absolute Gasteiger partial charge is 0.454 e. The molecule has 0 saturated heterocycles. The van der Waals surface area contributed by atoms with Crippen molar-refractivity contribution < 1.29 is 14.1 Å². The molecule has 0 spiro atoms. The van der Waals surface area contributed by atoms with E-state index in [1.165, 1.54) is 4.68 Å². The molecule has 0 radical (unpaired) electrons. The maximum atomic E-state index is 12.1. The van der Waals surface area contributed by atoms with Crippen LogP contribution in [0.25, 0.3) is 22.4 Å². The molecule has 0 amide bonds. The van der Waals surface area contributed by atoms with Crippen LogP contribution in [0.4, 0.5) is 0 Å². The predicted molar refractivity (Wildman–Crippen MR) is 91.8 cm³/mol. The number of para-hydroxylation sites is 1. The fraction of sp³-hybridized carbons (Fsp3) is 0.167. The maximum Gasteiger partial charge on any atom is 0.328 e. The first kappa shape index (κ1) is 15.9. The van der Waals surface area contributed by atoms with Gasteiger partial charge in [-0.15, -0.1) is 5.10 Å². The molecular weight excluding hydrogens is 334 g/mol. The second-order valence-electron chi connectivity index (χ2n) is 5.72. The van der Waals surface area contributed by atoms with Crippen LogP contribution in [0, 0.1) is 6.92 Å². The van der Waals surface area contributed by atoms with Crippen LogP contribution in [-0.4, -0.2) is 31.1 Å². The average molecular weight is 349 g/mol. The van der Waals surface area contributed by atoms with Gasteiger partial charge in [0.25, 0.3) is 5.89 Å². The van der Waals surface area contributed by atoms with Gasteiger partial charge in [-0.25, -0.2) is 4.68 Å². The van der Waals surface area contributed by atoms with Crippen LogP contribution in [0.15, 0.2) is 53.1 Å². The molecule has 8 heteroatoms. The zero-order valence-corrected chi connectivity index (χ0v) is 14.0. The summed E-state index contributed by atoms with van der Waals surface area (Å²) in [6, 6.07) is 15.1. The number of benzene rings is 2. The van der Waals surface area contributed by atoms with Crippen molar-refractivity contribution in [2.75, 3.05) is 0 Å². The Kier molecular flexibility index (Phi) is 4.14. The zero-order valence-electron chi connectivity index (χ0n) is 14.0. The minimum absolute atomic E-state index is 0.0424. The summed E-state index contributed by atoms with van der Waals surface area (Å²) in [5.74, 6) is 0.243. The van der Waals surface area contributed by atoms with Gasteiger partial charge in [-0.05, 0) is 24.6 Å². The Morgan fingerprint density at radius 3 is 2.85 bits per heavy atom. The van der Waals surface area contributed by atoms with Gasteiger partial charge in [0, 0.05) is 5.56 Å². The van der Waals surface area contributed by atoms with Crippen molar-refractivity contribution >= 4 is 17.0 Å². The van der Waals surface area contributed by atoms with Crippen molar-refractivity contribution in [2.45, 2.75) is 20.1 Å². The molecule has 4 rings (SSSR count). The van der Waals surface area contributed by atoms with E-state index in [1.807, 2.05) is 55.5 Å². The van der Waals surface area contributed by atoms with Crippen LogP contribution in [0.1, 0.15) is 11.5 Å². The van der Waals surface area contributed by atoms with Gasteiger partial charge in [-0.1, -0.05) is 46.8 Å². The Labute approximate surface area is 148 Å². The van der Waals surface area contributed by atoms with E-state index in [-0.39, 0.29) is 19.0 Å². The molecule has 0 saturated carbocycles. The maximum absolute atomic E-state index is 12.1. The van der Waals surface area contributed by atoms with E-state index >= 15 is 0 Å². The van der Waals surface area contributed by atoms with Crippen LogP contribution in [0.3, 0.4) is 0 Å². The van der Waals surface area contributed by atoms with Crippen molar-refractivity contribution in [3.8, 4) is 11.4 Å². The molecule has 0 aliphatic rings. The first-order valence-corrected chi connectivity index (χ1v) is 8.03. The number of hydrogen-bond donors (Lipinski definition) is 0. The van der Waals surface area contributed by atoms with Gasteiger partial charge in [0.05, 0.1) is 5.52 Å². The summed E-state index contributed by atoms with van der Waals surface area (Å²) in [5.41, 5.74) is 3.40. The van der Waals surface area contributed by atoms with Crippen LogP contribution < -0.4 is 0 Å². The van der Waals surface area contributed by atoms with Crippen molar-refractivity contribution in [1.82, 2.24) is 25.1 Å². The molecule has 0 atom stereocenters. The highest BCUT2D eigenvalue weighted by atomic mass is 16.6. The first-order chi connectivity index (χ1) is 12.7. The molecule has 0 fully saturated rings. The van der Waals surface area contributed by atoms with Crippen LogP contribution in [0.5, 0.6) is 0 Å². The molecule has 2 heterocycles. The first-order valence-electron chi connectivity index (χ1n) is 8.03. The number of carbonyl (C=O) groups is 1. The fourth-order valence-corrected chi connectivity index (χ4v) is 2.59. The van der Waals surface area contributed by atoms with Crippen LogP contribution in [0.2, 0.25) is 0 Å². The Bertz CT molecular complexity index is 1070. The number of hydrogen-bond acceptors (Lipinski definition) is 7. The van der Waals surface area contributed by atoms with Gasteiger partial charge >= 0.3 is 5.97 Å². The summed E-state index contributed by atoms with van der Waals surface area (Å²) >= 11 is 0. The van der Waals surface area contributed by atoms with E-state index in [0.717, 1.165) is 22.2 Å². The Hall–Kier alpha value is -3.55. The van der Waals surface area contributed by atoms with E-state index in [9.17, 15) is 4.79 Å². The van der Waals surface area contributed by atoms with Crippen molar-refractivity contribution in [2.24, 2.45) is 0 Å². The SMILES string of the molecule is Cc1ccccc1-c1noc(COC(=O)Cn2nnc3ccccc32)n1. The van der Waals surface area contributed by atoms with E-state index in [0.29, 0.717) is 5.82 Å². The Morgan fingerprint density at radius 1 is 1.15 bits per heavy atom. The lowest BCUT2D eigenvalue weighted by molar-refractivity contribution is -0.146. The van der Waals surface area contributed by atoms with Crippen LogP contribution >= 0.6 is 0 Å². The highest BCUT2D eigenvalue weighted by Crippen LogP contribution is 2.20. The number of nitrogens with zero attached hydrogens (tertiary/aromatic N) is 5. The molecule has 2 aromatic heterocycles. The average Bonchev–Trinajstić information content (AvgIpc) is 3.28. The highest BCUT2D eigenvalue weighted by Gasteiger charge is 2.14. The summed E-state index contributed by atoms with van der Waals surface area (Å²) in [4.78, 5) is 16.3. The lowest BCUT2D eigenvalue weighted by Crippen LogP contribution is -2.14. The molecule has 0 N–H and O–H groups in total. The molecule has 0 bridgehead atoms. The number of esters is 1. The highest BCUT2D eigenvalue weighted by molar-refractivity contribution is 5.77. The number of carbonyl (C=O) groups excluding carboxylic acids is 1. The molecule has 8 nitrogen and oxygen atoms in total. The molecule has 4 aromatic rings. The lowest BCUT2D eigenvalue weighted by Gasteiger charge is -2.02. The summed E-state index contributed by atoms with van der Waals surface area (Å²) < 4.78 is 11.9. The van der Waals surface area contributed by atoms with E-state index < -0.39 is 5.97 Å². The van der Waals surface area contributed by atoms with E-state index in [2.05, 4.69) is 20.5 Å². The van der Waals surface area contributed by atoms with Gasteiger partial charge < -0.3 is 9.26 Å². The predicted octanol–water partition coefficient (Wildman–Crippen LogP) is 2.53. The Balaban J connectivity index is 1.40. The quantitative estimate of drug-likeness (QED) is 0.511. The van der Waals surface area contributed by atoms with Gasteiger partial charge in [0.15, 0.2) is 6.61 Å². The van der Waals surface area contributed by atoms with Gasteiger partial charge in [-0.3, -0.25) is 4.79 Å². The molecule has 0 aliphatic heterocycles. The van der Waals surface area contributed by atoms with E-state index in [1.54, 1.807) is 0 Å². The summed E-state index contributed by atoms with van der Waals surface area (Å²) in [6.45, 7) is 1.83. The minimum Gasteiger partial charge on any atom is -0.454 e. The van der Waals surface area contributed by atoms with Crippen molar-refractivity contribution in [3.63, 3.8) is 0 Å². The number of ether oxygens (including phenoxy) is 1. The molecule has 26 heavy (non-hydrogen) atoms.